The van der Waals surface area contributed by atoms with E-state index < -0.39 is 0 Å². The van der Waals surface area contributed by atoms with Gasteiger partial charge in [-0.05, 0) is 18.4 Å². The molecule has 0 spiro atoms. The average molecular weight is 332 g/mol. The van der Waals surface area contributed by atoms with Gasteiger partial charge in [-0.25, -0.2) is 0 Å². The number of nitrogens with zero attached hydrogens (tertiary/aromatic N) is 2. The lowest BCUT2D eigenvalue weighted by Gasteiger charge is -2.34. The molecule has 0 aromatic rings. The number of rotatable bonds is 8. The molecular formula is C17H37N3OS. The molecule has 1 heterocycles. The van der Waals surface area contributed by atoms with Crippen LogP contribution in [0.15, 0.2) is 0 Å². The molecule has 0 radical (unpaired) electrons. The van der Waals surface area contributed by atoms with Crippen molar-refractivity contribution in [3.05, 3.63) is 0 Å². The first-order valence-corrected chi connectivity index (χ1v) is 9.88. The molecule has 0 aromatic heterocycles. The van der Waals surface area contributed by atoms with E-state index in [0.717, 1.165) is 45.0 Å². The summed E-state index contributed by atoms with van der Waals surface area (Å²) in [6, 6.07) is 0. The molecule has 1 fully saturated rings. The summed E-state index contributed by atoms with van der Waals surface area (Å²) in [5, 5.41) is 0. The van der Waals surface area contributed by atoms with Gasteiger partial charge in [0.05, 0.1) is 0 Å². The Morgan fingerprint density at radius 2 is 1.73 bits per heavy atom. The van der Waals surface area contributed by atoms with Gasteiger partial charge in [-0.1, -0.05) is 53.5 Å². The normalized spacial score (nSPS) is 17.1. The Hall–Kier alpha value is -0.260. The van der Waals surface area contributed by atoms with E-state index in [0.29, 0.717) is 24.2 Å². The van der Waals surface area contributed by atoms with Crippen molar-refractivity contribution in [3.63, 3.8) is 0 Å². The van der Waals surface area contributed by atoms with Gasteiger partial charge in [0, 0.05) is 44.9 Å². The lowest BCUT2D eigenvalue weighted by atomic mass is 9.99. The second kappa shape index (κ2) is 13.2. The summed E-state index contributed by atoms with van der Waals surface area (Å²) < 4.78 is 3.38. The first-order chi connectivity index (χ1) is 10.5. The number of nitrogens with one attached hydrogen (secondary N) is 1. The van der Waals surface area contributed by atoms with Gasteiger partial charge in [-0.15, -0.1) is 0 Å². The molecule has 1 aliphatic heterocycles. The molecule has 5 heteroatoms. The lowest BCUT2D eigenvalue weighted by molar-refractivity contribution is -0.132. The number of likely N-dealkylation sites (N-methyl/N-ethyl adjacent to an activating group) is 1. The number of hydrogen-bond acceptors (Lipinski definition) is 4. The maximum absolute atomic E-state index is 12.1. The maximum Gasteiger partial charge on any atom is 0.223 e. The minimum Gasteiger partial charge on any atom is -0.340 e. The Morgan fingerprint density at radius 1 is 1.14 bits per heavy atom. The highest BCUT2D eigenvalue weighted by Crippen LogP contribution is 2.10. The molecule has 1 rings (SSSR count). The number of amides is 1. The third-order valence-corrected chi connectivity index (χ3v) is 5.01. The van der Waals surface area contributed by atoms with Gasteiger partial charge in [-0.2, -0.15) is 0 Å². The summed E-state index contributed by atoms with van der Waals surface area (Å²) in [5.41, 5.74) is 0. The minimum absolute atomic E-state index is 0.312. The van der Waals surface area contributed by atoms with E-state index in [1.807, 2.05) is 18.7 Å². The largest absolute Gasteiger partial charge is 0.340 e. The van der Waals surface area contributed by atoms with Crippen LogP contribution in [-0.4, -0.2) is 60.7 Å². The monoisotopic (exact) mass is 331 g/mol. The van der Waals surface area contributed by atoms with Crippen LogP contribution in [0.4, 0.5) is 0 Å². The highest BCUT2D eigenvalue weighted by molar-refractivity contribution is 7.97. The van der Waals surface area contributed by atoms with Crippen LogP contribution in [-0.2, 0) is 4.79 Å². The molecular weight excluding hydrogens is 294 g/mol. The minimum atomic E-state index is 0.312. The van der Waals surface area contributed by atoms with Gasteiger partial charge in [0.25, 0.3) is 0 Å². The molecule has 1 atom stereocenters. The van der Waals surface area contributed by atoms with Gasteiger partial charge in [0.15, 0.2) is 0 Å². The third-order valence-electron chi connectivity index (χ3n) is 4.24. The summed E-state index contributed by atoms with van der Waals surface area (Å²) in [6.07, 6.45) is 0.653. The second-order valence-electron chi connectivity index (χ2n) is 5.98. The summed E-state index contributed by atoms with van der Waals surface area (Å²) in [5.74, 6) is 2.57. The Bertz CT molecular complexity index is 279. The van der Waals surface area contributed by atoms with E-state index in [4.69, 9.17) is 0 Å². The van der Waals surface area contributed by atoms with E-state index in [-0.39, 0.29) is 0 Å². The second-order valence-corrected chi connectivity index (χ2v) is 6.97. The van der Waals surface area contributed by atoms with Crippen LogP contribution in [0.5, 0.6) is 0 Å². The summed E-state index contributed by atoms with van der Waals surface area (Å²) in [6.45, 7) is 18.9. The van der Waals surface area contributed by atoms with Crippen LogP contribution < -0.4 is 4.72 Å². The zero-order chi connectivity index (χ0) is 17.0. The van der Waals surface area contributed by atoms with Crippen LogP contribution in [0.3, 0.4) is 0 Å². The predicted molar refractivity (Wildman–Crippen MR) is 99.1 cm³/mol. The summed E-state index contributed by atoms with van der Waals surface area (Å²) in [7, 11) is 0. The fourth-order valence-electron chi connectivity index (χ4n) is 2.11. The average Bonchev–Trinajstić information content (AvgIpc) is 2.56. The van der Waals surface area contributed by atoms with Crippen molar-refractivity contribution in [1.82, 2.24) is 14.5 Å². The molecule has 0 aliphatic carbocycles. The van der Waals surface area contributed by atoms with Gasteiger partial charge in [0.2, 0.25) is 5.91 Å². The molecule has 132 valence electrons. The number of carbonyl (C=O) groups is 1. The van der Waals surface area contributed by atoms with Crippen molar-refractivity contribution in [2.75, 3.05) is 45.0 Å². The standard InChI is InChI=1S/C15H31N3OS.C2H6/c1-5-17-7-9-18(10-8-17)15(19)6-11-20-16-12-14(4)13(2)3;1-2/h13-14,16H,5-12H2,1-4H3;1-2H3. The number of carbonyl (C=O) groups excluding carboxylic acids is 1. The smallest absolute Gasteiger partial charge is 0.223 e. The number of hydrogen-bond donors (Lipinski definition) is 1. The van der Waals surface area contributed by atoms with Gasteiger partial charge in [-0.3, -0.25) is 9.52 Å². The van der Waals surface area contributed by atoms with Crippen LogP contribution in [0.1, 0.15) is 48.0 Å². The SMILES string of the molecule is CC.CCN1CCN(C(=O)CCSNCC(C)C(C)C)CC1. The Kier molecular flexibility index (Phi) is 13.0. The van der Waals surface area contributed by atoms with Crippen LogP contribution >= 0.6 is 11.9 Å². The zero-order valence-corrected chi connectivity index (χ0v) is 16.3. The first-order valence-electron chi connectivity index (χ1n) is 8.89. The van der Waals surface area contributed by atoms with Crippen molar-refractivity contribution in [2.24, 2.45) is 11.8 Å². The zero-order valence-electron chi connectivity index (χ0n) is 15.5. The summed E-state index contributed by atoms with van der Waals surface area (Å²) >= 11 is 1.69. The highest BCUT2D eigenvalue weighted by atomic mass is 32.2. The van der Waals surface area contributed by atoms with E-state index in [1.165, 1.54) is 0 Å². The van der Waals surface area contributed by atoms with Crippen molar-refractivity contribution in [1.29, 1.82) is 0 Å². The Balaban J connectivity index is 0.00000211. The maximum atomic E-state index is 12.1. The van der Waals surface area contributed by atoms with Gasteiger partial charge in [0.1, 0.15) is 0 Å². The van der Waals surface area contributed by atoms with Crippen LogP contribution in [0.25, 0.3) is 0 Å². The van der Waals surface area contributed by atoms with Crippen molar-refractivity contribution in [2.45, 2.75) is 48.0 Å². The quantitative estimate of drug-likeness (QED) is 0.548. The molecule has 22 heavy (non-hydrogen) atoms. The van der Waals surface area contributed by atoms with E-state index >= 15 is 0 Å². The predicted octanol–water partition coefficient (Wildman–Crippen LogP) is 3.10. The van der Waals surface area contributed by atoms with Gasteiger partial charge < -0.3 is 9.80 Å². The molecule has 0 bridgehead atoms. The Labute approximate surface area is 142 Å². The van der Waals surface area contributed by atoms with E-state index in [1.54, 1.807) is 11.9 Å². The number of piperazine rings is 1. The molecule has 0 saturated carbocycles. The van der Waals surface area contributed by atoms with Crippen LogP contribution in [0, 0.1) is 11.8 Å². The molecule has 1 aliphatic rings. The first kappa shape index (κ1) is 21.7. The fraction of sp³-hybridized carbons (Fsp3) is 0.941. The van der Waals surface area contributed by atoms with Gasteiger partial charge >= 0.3 is 0 Å². The van der Waals surface area contributed by atoms with Crippen molar-refractivity contribution in [3.8, 4) is 0 Å². The van der Waals surface area contributed by atoms with E-state index in [9.17, 15) is 4.79 Å². The fourth-order valence-corrected chi connectivity index (χ4v) is 2.91. The van der Waals surface area contributed by atoms with Crippen molar-refractivity contribution < 1.29 is 4.79 Å². The molecule has 1 N–H and O–H groups in total. The van der Waals surface area contributed by atoms with Crippen molar-refractivity contribution >= 4 is 17.9 Å². The Morgan fingerprint density at radius 3 is 2.23 bits per heavy atom. The summed E-state index contributed by atoms with van der Waals surface area (Å²) in [4.78, 5) is 16.5. The molecule has 1 amide bonds. The van der Waals surface area contributed by atoms with E-state index in [2.05, 4.69) is 37.3 Å². The molecule has 0 aromatic carbocycles. The molecule has 1 saturated heterocycles. The molecule has 4 nitrogen and oxygen atoms in total. The highest BCUT2D eigenvalue weighted by Gasteiger charge is 2.19. The van der Waals surface area contributed by atoms with Crippen LogP contribution in [0.2, 0.25) is 0 Å². The third kappa shape index (κ3) is 9.01. The topological polar surface area (TPSA) is 35.6 Å². The molecule has 1 unspecified atom stereocenters. The lowest BCUT2D eigenvalue weighted by Crippen LogP contribution is -2.48.